The second-order valence-corrected chi connectivity index (χ2v) is 8.34. The van der Waals surface area contributed by atoms with E-state index in [1.54, 1.807) is 33.8 Å². The van der Waals surface area contributed by atoms with Crippen LogP contribution < -0.4 is 4.74 Å². The van der Waals surface area contributed by atoms with E-state index in [0.717, 1.165) is 5.56 Å². The molecule has 1 heterocycles. The molecule has 0 unspecified atom stereocenters. The van der Waals surface area contributed by atoms with Crippen LogP contribution in [0.2, 0.25) is 0 Å². The van der Waals surface area contributed by atoms with Crippen LogP contribution in [0.3, 0.4) is 0 Å². The van der Waals surface area contributed by atoms with Gasteiger partial charge in [0.1, 0.15) is 22.3 Å². The fourth-order valence-corrected chi connectivity index (χ4v) is 2.80. The normalized spacial score (nSPS) is 11.0. The van der Waals surface area contributed by atoms with Crippen molar-refractivity contribution in [2.45, 2.75) is 39.7 Å². The monoisotopic (exact) mass is 448 g/mol. The number of rotatable bonds is 6. The van der Waals surface area contributed by atoms with Crippen molar-refractivity contribution in [3.63, 3.8) is 0 Å². The van der Waals surface area contributed by atoms with Crippen LogP contribution in [-0.4, -0.2) is 39.3 Å². The first kappa shape index (κ1) is 23.5. The lowest BCUT2D eigenvalue weighted by atomic mass is 10.1. The van der Waals surface area contributed by atoms with Crippen LogP contribution in [0.5, 0.6) is 5.75 Å². The molecular formula is C24H24N4O5. The Balaban J connectivity index is 1.87. The van der Waals surface area contributed by atoms with E-state index in [-0.39, 0.29) is 12.4 Å². The quantitative estimate of drug-likeness (QED) is 0.312. The number of carbonyl (C=O) groups is 2. The summed E-state index contributed by atoms with van der Waals surface area (Å²) in [5.74, 6) is -0.285. The number of ether oxygens (including phenoxy) is 3. The van der Waals surface area contributed by atoms with Crippen molar-refractivity contribution in [3.8, 4) is 17.5 Å². The molecule has 0 saturated carbocycles. The Labute approximate surface area is 191 Å². The highest BCUT2D eigenvalue weighted by Crippen LogP contribution is 2.26. The molecule has 0 spiro atoms. The molecule has 1 aromatic heterocycles. The number of esters is 1. The third kappa shape index (κ3) is 6.17. The molecule has 9 nitrogen and oxygen atoms in total. The van der Waals surface area contributed by atoms with Gasteiger partial charge >= 0.3 is 12.1 Å². The van der Waals surface area contributed by atoms with Crippen molar-refractivity contribution in [3.05, 3.63) is 59.7 Å². The molecule has 170 valence electrons. The molecule has 0 fully saturated rings. The topological polar surface area (TPSA) is 116 Å². The average molecular weight is 448 g/mol. The molecule has 0 amide bonds. The van der Waals surface area contributed by atoms with Gasteiger partial charge in [-0.05, 0) is 63.6 Å². The summed E-state index contributed by atoms with van der Waals surface area (Å²) >= 11 is 0. The van der Waals surface area contributed by atoms with Crippen LogP contribution in [0, 0.1) is 11.3 Å². The Kier molecular flexibility index (Phi) is 6.78. The number of nitrogens with zero attached hydrogens (tertiary/aromatic N) is 4. The molecule has 33 heavy (non-hydrogen) atoms. The van der Waals surface area contributed by atoms with Gasteiger partial charge in [-0.15, -0.1) is 15.0 Å². The van der Waals surface area contributed by atoms with Gasteiger partial charge < -0.3 is 14.2 Å². The van der Waals surface area contributed by atoms with Gasteiger partial charge in [-0.2, -0.15) is 5.26 Å². The third-order valence-corrected chi connectivity index (χ3v) is 4.30. The molecule has 2 aromatic carbocycles. The van der Waals surface area contributed by atoms with Crippen molar-refractivity contribution >= 4 is 23.2 Å². The zero-order valence-electron chi connectivity index (χ0n) is 18.9. The minimum Gasteiger partial charge on any atom is -0.462 e. The van der Waals surface area contributed by atoms with Crippen molar-refractivity contribution in [2.75, 3.05) is 6.61 Å². The standard InChI is InChI=1S/C24H24N4O5/c1-15(2)22(29)31-11-10-16-6-8-18-19(12-16)27-28(26-18)20-13-17(14-25)7-9-21(20)32-23(30)33-24(3,4)5/h6-9,12-13H,1,10-11H2,2-5H3. The lowest BCUT2D eigenvalue weighted by Crippen LogP contribution is -2.26. The number of fused-ring (bicyclic) bond motifs is 1. The van der Waals surface area contributed by atoms with Crippen molar-refractivity contribution in [1.82, 2.24) is 15.0 Å². The fraction of sp³-hybridized carbons (Fsp3) is 0.292. The number of hydrogen-bond acceptors (Lipinski definition) is 8. The van der Waals surface area contributed by atoms with E-state index < -0.39 is 17.7 Å². The van der Waals surface area contributed by atoms with E-state index >= 15 is 0 Å². The Morgan fingerprint density at radius 3 is 2.52 bits per heavy atom. The van der Waals surface area contributed by atoms with Gasteiger partial charge in [0, 0.05) is 12.0 Å². The molecule has 3 rings (SSSR count). The Morgan fingerprint density at radius 2 is 1.85 bits per heavy atom. The highest BCUT2D eigenvalue weighted by molar-refractivity contribution is 5.86. The summed E-state index contributed by atoms with van der Waals surface area (Å²) in [5.41, 5.74) is 2.37. The molecule has 3 aromatic rings. The van der Waals surface area contributed by atoms with E-state index in [1.165, 1.54) is 23.0 Å². The maximum absolute atomic E-state index is 12.2. The molecule has 9 heteroatoms. The summed E-state index contributed by atoms with van der Waals surface area (Å²) in [7, 11) is 0. The molecule has 0 N–H and O–H groups in total. The molecule has 0 bridgehead atoms. The second-order valence-electron chi connectivity index (χ2n) is 8.34. The predicted molar refractivity (Wildman–Crippen MR) is 120 cm³/mol. The summed E-state index contributed by atoms with van der Waals surface area (Å²) in [6, 6.07) is 12.1. The lowest BCUT2D eigenvalue weighted by Gasteiger charge is -2.19. The molecular weight excluding hydrogens is 424 g/mol. The average Bonchev–Trinajstić information content (AvgIpc) is 3.15. The van der Waals surface area contributed by atoms with Gasteiger partial charge in [0.15, 0.2) is 5.75 Å². The zero-order valence-corrected chi connectivity index (χ0v) is 18.9. The van der Waals surface area contributed by atoms with Crippen molar-refractivity contribution < 1.29 is 23.8 Å². The van der Waals surface area contributed by atoms with Crippen LogP contribution in [0.4, 0.5) is 4.79 Å². The SMILES string of the molecule is C=C(C)C(=O)OCCc1ccc2nn(-c3cc(C#N)ccc3OC(=O)OC(C)(C)C)nc2c1. The highest BCUT2D eigenvalue weighted by atomic mass is 16.7. The Morgan fingerprint density at radius 1 is 1.12 bits per heavy atom. The molecule has 0 aliphatic heterocycles. The minimum absolute atomic E-state index is 0.149. The van der Waals surface area contributed by atoms with Crippen LogP contribution in [0.1, 0.15) is 38.8 Å². The van der Waals surface area contributed by atoms with E-state index in [2.05, 4.69) is 22.8 Å². The predicted octanol–water partition coefficient (Wildman–Crippen LogP) is 4.27. The smallest absolute Gasteiger partial charge is 0.462 e. The number of aromatic nitrogens is 3. The summed E-state index contributed by atoms with van der Waals surface area (Å²) in [6.07, 6.45) is -0.379. The summed E-state index contributed by atoms with van der Waals surface area (Å²) in [6.45, 7) is 10.5. The van der Waals surface area contributed by atoms with E-state index in [9.17, 15) is 14.9 Å². The molecule has 0 atom stereocenters. The van der Waals surface area contributed by atoms with Gasteiger partial charge in [0.2, 0.25) is 0 Å². The van der Waals surface area contributed by atoms with Crippen molar-refractivity contribution in [1.29, 1.82) is 5.26 Å². The van der Waals surface area contributed by atoms with E-state index in [1.807, 2.05) is 12.1 Å². The zero-order chi connectivity index (χ0) is 24.2. The van der Waals surface area contributed by atoms with Crippen LogP contribution >= 0.6 is 0 Å². The largest absolute Gasteiger partial charge is 0.514 e. The second kappa shape index (κ2) is 9.53. The van der Waals surface area contributed by atoms with Gasteiger partial charge in [-0.1, -0.05) is 12.6 Å². The third-order valence-electron chi connectivity index (χ3n) is 4.30. The van der Waals surface area contributed by atoms with Crippen LogP contribution in [-0.2, 0) is 20.7 Å². The number of nitriles is 1. The van der Waals surface area contributed by atoms with E-state index in [4.69, 9.17) is 14.2 Å². The fourth-order valence-electron chi connectivity index (χ4n) is 2.80. The molecule has 0 aliphatic carbocycles. The van der Waals surface area contributed by atoms with Gasteiger partial charge in [-0.25, -0.2) is 9.59 Å². The number of hydrogen-bond donors (Lipinski definition) is 0. The first-order chi connectivity index (χ1) is 15.6. The number of carbonyl (C=O) groups excluding carboxylic acids is 2. The van der Waals surface area contributed by atoms with Crippen LogP contribution in [0.15, 0.2) is 48.6 Å². The first-order valence-electron chi connectivity index (χ1n) is 10.2. The van der Waals surface area contributed by atoms with E-state index in [0.29, 0.717) is 34.3 Å². The Bertz CT molecular complexity index is 1260. The highest BCUT2D eigenvalue weighted by Gasteiger charge is 2.21. The van der Waals surface area contributed by atoms with Crippen molar-refractivity contribution in [2.24, 2.45) is 0 Å². The maximum atomic E-state index is 12.2. The Hall–Kier alpha value is -4.19. The van der Waals surface area contributed by atoms with Gasteiger partial charge in [0.25, 0.3) is 0 Å². The summed E-state index contributed by atoms with van der Waals surface area (Å²) < 4.78 is 15.7. The van der Waals surface area contributed by atoms with Crippen LogP contribution in [0.25, 0.3) is 16.7 Å². The first-order valence-corrected chi connectivity index (χ1v) is 10.2. The summed E-state index contributed by atoms with van der Waals surface area (Å²) in [4.78, 5) is 25.0. The van der Waals surface area contributed by atoms with Gasteiger partial charge in [-0.3, -0.25) is 0 Å². The minimum atomic E-state index is -0.878. The van der Waals surface area contributed by atoms with Gasteiger partial charge in [0.05, 0.1) is 18.2 Å². The molecule has 0 radical (unpaired) electrons. The molecule has 0 aliphatic rings. The molecule has 0 saturated heterocycles. The maximum Gasteiger partial charge on any atom is 0.514 e. The summed E-state index contributed by atoms with van der Waals surface area (Å²) in [5, 5.41) is 18.2. The number of benzene rings is 2. The lowest BCUT2D eigenvalue weighted by molar-refractivity contribution is -0.138.